The minimum Gasteiger partial charge on any atom is -0.443 e. The number of hydrogen-bond acceptors (Lipinski definition) is 4. The van der Waals surface area contributed by atoms with Crippen LogP contribution in [0.15, 0.2) is 64.1 Å². The molecule has 0 fully saturated rings. The Hall–Kier alpha value is -2.15. The maximum atomic E-state index is 12.3. The number of aliphatic hydroxyl groups is 1. The fourth-order valence-corrected chi connectivity index (χ4v) is 3.42. The van der Waals surface area contributed by atoms with E-state index in [0.29, 0.717) is 16.5 Å². The van der Waals surface area contributed by atoms with Gasteiger partial charge in [-0.2, -0.15) is 0 Å². The number of aryl methyl sites for hydroxylation is 1. The topological polar surface area (TPSA) is 79.5 Å². The van der Waals surface area contributed by atoms with E-state index in [-0.39, 0.29) is 11.6 Å². The molecule has 3 aromatic rings. The van der Waals surface area contributed by atoms with Crippen LogP contribution in [-0.4, -0.2) is 20.1 Å². The van der Waals surface area contributed by atoms with Gasteiger partial charge in [-0.05, 0) is 24.1 Å². The molecule has 0 amide bonds. The molecule has 23 heavy (non-hydrogen) atoms. The Labute approximate surface area is 134 Å². The van der Waals surface area contributed by atoms with E-state index in [0.717, 1.165) is 5.56 Å². The normalized spacial score (nSPS) is 13.3. The molecular weight excluding hydrogens is 314 g/mol. The standard InChI is InChI=1S/C17H17NO4S/c1-12-6-2-4-8-14(12)15(19)11-18-23(20,21)17-10-13-7-3-5-9-16(13)22-17/h2-10,15,18-19H,11H2,1H3. The molecule has 0 radical (unpaired) electrons. The zero-order chi connectivity index (χ0) is 16.4. The molecular formula is C17H17NO4S. The van der Waals surface area contributed by atoms with E-state index in [1.165, 1.54) is 6.07 Å². The third-order valence-electron chi connectivity index (χ3n) is 3.68. The zero-order valence-corrected chi connectivity index (χ0v) is 13.4. The van der Waals surface area contributed by atoms with E-state index in [2.05, 4.69) is 4.72 Å². The molecule has 1 atom stereocenters. The van der Waals surface area contributed by atoms with E-state index in [4.69, 9.17) is 4.42 Å². The highest BCUT2D eigenvalue weighted by atomic mass is 32.2. The van der Waals surface area contributed by atoms with Crippen LogP contribution in [0.5, 0.6) is 0 Å². The highest BCUT2D eigenvalue weighted by molar-refractivity contribution is 7.89. The molecule has 0 bridgehead atoms. The summed E-state index contributed by atoms with van der Waals surface area (Å²) in [5.74, 6) is 0. The summed E-state index contributed by atoms with van der Waals surface area (Å²) in [7, 11) is -3.81. The number of sulfonamides is 1. The second kappa shape index (κ2) is 6.16. The molecule has 0 aliphatic carbocycles. The monoisotopic (exact) mass is 331 g/mol. The summed E-state index contributed by atoms with van der Waals surface area (Å²) in [6, 6.07) is 15.8. The van der Waals surface area contributed by atoms with Crippen molar-refractivity contribution in [3.8, 4) is 0 Å². The Morgan fingerprint density at radius 1 is 1.13 bits per heavy atom. The predicted octanol–water partition coefficient (Wildman–Crippen LogP) is 2.75. The molecule has 0 aliphatic rings. The maximum Gasteiger partial charge on any atom is 0.274 e. The maximum absolute atomic E-state index is 12.3. The van der Waals surface area contributed by atoms with Gasteiger partial charge < -0.3 is 9.52 Å². The summed E-state index contributed by atoms with van der Waals surface area (Å²) in [5.41, 5.74) is 2.11. The molecule has 120 valence electrons. The van der Waals surface area contributed by atoms with Gasteiger partial charge in [-0.15, -0.1) is 0 Å². The number of para-hydroxylation sites is 1. The molecule has 0 aliphatic heterocycles. The van der Waals surface area contributed by atoms with E-state index in [9.17, 15) is 13.5 Å². The smallest absolute Gasteiger partial charge is 0.274 e. The number of benzene rings is 2. The summed E-state index contributed by atoms with van der Waals surface area (Å²) < 4.78 is 32.4. The minimum absolute atomic E-state index is 0.121. The minimum atomic E-state index is -3.81. The zero-order valence-electron chi connectivity index (χ0n) is 12.6. The van der Waals surface area contributed by atoms with Crippen molar-refractivity contribution in [2.75, 3.05) is 6.54 Å². The number of hydrogen-bond donors (Lipinski definition) is 2. The third kappa shape index (κ3) is 3.29. The van der Waals surface area contributed by atoms with Crippen LogP contribution in [0, 0.1) is 6.92 Å². The average molecular weight is 331 g/mol. The van der Waals surface area contributed by atoms with Gasteiger partial charge in [0.05, 0.1) is 6.10 Å². The second-order valence-corrected chi connectivity index (χ2v) is 7.03. The molecule has 5 nitrogen and oxygen atoms in total. The molecule has 1 heterocycles. The summed E-state index contributed by atoms with van der Waals surface area (Å²) in [4.78, 5) is 0. The Kier molecular flexibility index (Phi) is 4.21. The van der Waals surface area contributed by atoms with Crippen molar-refractivity contribution in [2.45, 2.75) is 18.1 Å². The molecule has 1 aromatic heterocycles. The lowest BCUT2D eigenvalue weighted by molar-refractivity contribution is 0.181. The third-order valence-corrected chi connectivity index (χ3v) is 4.96. The molecule has 0 saturated heterocycles. The van der Waals surface area contributed by atoms with Gasteiger partial charge >= 0.3 is 0 Å². The van der Waals surface area contributed by atoms with Crippen molar-refractivity contribution in [1.29, 1.82) is 0 Å². The lowest BCUT2D eigenvalue weighted by atomic mass is 10.0. The molecule has 3 rings (SSSR count). The van der Waals surface area contributed by atoms with Crippen LogP contribution >= 0.6 is 0 Å². The summed E-state index contributed by atoms with van der Waals surface area (Å²) in [6.07, 6.45) is -0.921. The van der Waals surface area contributed by atoms with Crippen LogP contribution in [0.1, 0.15) is 17.2 Å². The van der Waals surface area contributed by atoms with Crippen molar-refractivity contribution in [3.63, 3.8) is 0 Å². The van der Waals surface area contributed by atoms with Gasteiger partial charge in [0, 0.05) is 18.0 Å². The Balaban J connectivity index is 1.77. The van der Waals surface area contributed by atoms with E-state index < -0.39 is 16.1 Å². The van der Waals surface area contributed by atoms with Crippen LogP contribution in [0.4, 0.5) is 0 Å². The Morgan fingerprint density at radius 3 is 2.57 bits per heavy atom. The second-order valence-electron chi connectivity index (χ2n) is 5.33. The first kappa shape index (κ1) is 15.7. The Morgan fingerprint density at radius 2 is 1.83 bits per heavy atom. The van der Waals surface area contributed by atoms with Gasteiger partial charge in [-0.3, -0.25) is 0 Å². The molecule has 0 saturated carbocycles. The largest absolute Gasteiger partial charge is 0.443 e. The molecule has 2 N–H and O–H groups in total. The van der Waals surface area contributed by atoms with Gasteiger partial charge in [0.15, 0.2) is 0 Å². The molecule has 2 aromatic carbocycles. The first-order valence-electron chi connectivity index (χ1n) is 7.19. The number of nitrogens with one attached hydrogen (secondary N) is 1. The van der Waals surface area contributed by atoms with Gasteiger partial charge in [-0.25, -0.2) is 13.1 Å². The molecule has 1 unspecified atom stereocenters. The van der Waals surface area contributed by atoms with E-state index in [1.807, 2.05) is 25.1 Å². The van der Waals surface area contributed by atoms with Crippen LogP contribution in [0.25, 0.3) is 11.0 Å². The fraction of sp³-hybridized carbons (Fsp3) is 0.176. The van der Waals surface area contributed by atoms with Crippen molar-refractivity contribution in [1.82, 2.24) is 4.72 Å². The van der Waals surface area contributed by atoms with Gasteiger partial charge in [0.25, 0.3) is 10.0 Å². The van der Waals surface area contributed by atoms with Crippen LogP contribution < -0.4 is 4.72 Å². The highest BCUT2D eigenvalue weighted by Gasteiger charge is 2.21. The SMILES string of the molecule is Cc1ccccc1C(O)CNS(=O)(=O)c1cc2ccccc2o1. The van der Waals surface area contributed by atoms with Crippen LogP contribution in [0.2, 0.25) is 0 Å². The number of rotatable bonds is 5. The number of aliphatic hydroxyl groups excluding tert-OH is 1. The summed E-state index contributed by atoms with van der Waals surface area (Å²) >= 11 is 0. The van der Waals surface area contributed by atoms with Gasteiger partial charge in [0.2, 0.25) is 5.09 Å². The quantitative estimate of drug-likeness (QED) is 0.753. The van der Waals surface area contributed by atoms with Crippen molar-refractivity contribution in [2.24, 2.45) is 0 Å². The summed E-state index contributed by atoms with van der Waals surface area (Å²) in [6.45, 7) is 1.75. The highest BCUT2D eigenvalue weighted by Crippen LogP contribution is 2.23. The Bertz CT molecular complexity index is 897. The first-order chi connectivity index (χ1) is 11.0. The first-order valence-corrected chi connectivity index (χ1v) is 8.67. The lowest BCUT2D eigenvalue weighted by Gasteiger charge is -2.14. The van der Waals surface area contributed by atoms with Gasteiger partial charge in [0.1, 0.15) is 5.58 Å². The number of furan rings is 1. The van der Waals surface area contributed by atoms with Crippen molar-refractivity contribution < 1.29 is 17.9 Å². The molecule has 6 heteroatoms. The van der Waals surface area contributed by atoms with Crippen LogP contribution in [0.3, 0.4) is 0 Å². The number of fused-ring (bicyclic) bond motifs is 1. The van der Waals surface area contributed by atoms with Crippen LogP contribution in [-0.2, 0) is 10.0 Å². The average Bonchev–Trinajstić information content (AvgIpc) is 2.98. The summed E-state index contributed by atoms with van der Waals surface area (Å²) in [5, 5.41) is 10.8. The van der Waals surface area contributed by atoms with Gasteiger partial charge in [-0.1, -0.05) is 42.5 Å². The lowest BCUT2D eigenvalue weighted by Crippen LogP contribution is -2.28. The van der Waals surface area contributed by atoms with E-state index in [1.54, 1.807) is 30.3 Å². The van der Waals surface area contributed by atoms with E-state index >= 15 is 0 Å². The predicted molar refractivity (Wildman–Crippen MR) is 87.5 cm³/mol. The van der Waals surface area contributed by atoms with Crippen molar-refractivity contribution >= 4 is 21.0 Å². The molecule has 0 spiro atoms. The fourth-order valence-electron chi connectivity index (χ4n) is 2.42. The van der Waals surface area contributed by atoms with Crippen molar-refractivity contribution in [3.05, 3.63) is 65.7 Å².